The number of carbonyl (C=O) groups excluding carboxylic acids is 2. The maximum absolute atomic E-state index is 12.9. The van der Waals surface area contributed by atoms with Crippen LogP contribution in [0.2, 0.25) is 0 Å². The number of amides is 2. The van der Waals surface area contributed by atoms with Crippen LogP contribution in [0.25, 0.3) is 0 Å². The number of benzene rings is 3. The second-order valence-electron chi connectivity index (χ2n) is 6.04. The zero-order valence-electron chi connectivity index (χ0n) is 15.2. The third-order valence-electron chi connectivity index (χ3n) is 4.13. The summed E-state index contributed by atoms with van der Waals surface area (Å²) < 4.78 is 18.1. The molecule has 0 radical (unpaired) electrons. The van der Waals surface area contributed by atoms with Gasteiger partial charge in [0.1, 0.15) is 11.6 Å². The number of methoxy groups -OCH3 is 1. The zero-order chi connectivity index (χ0) is 19.9. The molecule has 0 saturated carbocycles. The Hall–Kier alpha value is -3.67. The number of ether oxygens (including phenoxy) is 1. The number of rotatable bonds is 6. The molecular weight excluding hydrogens is 359 g/mol. The standard InChI is InChI=1S/C22H19FN2O3/c1-28-20-5-3-2-4-19(20)25-22(27)17-10-8-16(9-11-17)21(26)24-14-15-6-12-18(23)13-7-15/h2-13H,14H2,1H3,(H,24,26)(H,25,27). The molecule has 0 atom stereocenters. The Morgan fingerprint density at radius 2 is 1.46 bits per heavy atom. The minimum Gasteiger partial charge on any atom is -0.495 e. The maximum atomic E-state index is 12.9. The van der Waals surface area contributed by atoms with E-state index in [1.165, 1.54) is 19.2 Å². The molecule has 0 aliphatic heterocycles. The highest BCUT2D eigenvalue weighted by molar-refractivity contribution is 6.05. The summed E-state index contributed by atoms with van der Waals surface area (Å²) in [6.45, 7) is 0.287. The molecule has 28 heavy (non-hydrogen) atoms. The number of anilines is 1. The van der Waals surface area contributed by atoms with E-state index in [4.69, 9.17) is 4.74 Å². The molecule has 0 heterocycles. The number of nitrogens with one attached hydrogen (secondary N) is 2. The van der Waals surface area contributed by atoms with Gasteiger partial charge in [-0.1, -0.05) is 24.3 Å². The van der Waals surface area contributed by atoms with E-state index >= 15 is 0 Å². The van der Waals surface area contributed by atoms with E-state index in [-0.39, 0.29) is 24.2 Å². The van der Waals surface area contributed by atoms with Crippen LogP contribution in [0.5, 0.6) is 5.75 Å². The van der Waals surface area contributed by atoms with Crippen LogP contribution in [0.15, 0.2) is 72.8 Å². The average Bonchev–Trinajstić information content (AvgIpc) is 2.73. The Morgan fingerprint density at radius 1 is 0.857 bits per heavy atom. The predicted octanol–water partition coefficient (Wildman–Crippen LogP) is 4.02. The highest BCUT2D eigenvalue weighted by Crippen LogP contribution is 2.23. The van der Waals surface area contributed by atoms with Gasteiger partial charge in [0.05, 0.1) is 12.8 Å². The molecule has 0 unspecified atom stereocenters. The van der Waals surface area contributed by atoms with Crippen LogP contribution in [0.1, 0.15) is 26.3 Å². The molecule has 3 aromatic carbocycles. The average molecular weight is 378 g/mol. The predicted molar refractivity (Wildman–Crippen MR) is 105 cm³/mol. The summed E-state index contributed by atoms with van der Waals surface area (Å²) in [6, 6.07) is 19.3. The molecule has 3 rings (SSSR count). The van der Waals surface area contributed by atoms with Gasteiger partial charge >= 0.3 is 0 Å². The first kappa shape index (κ1) is 19.1. The lowest BCUT2D eigenvalue weighted by Crippen LogP contribution is -2.23. The van der Waals surface area contributed by atoms with Gasteiger partial charge in [-0.3, -0.25) is 9.59 Å². The number of hydrogen-bond donors (Lipinski definition) is 2. The first-order chi connectivity index (χ1) is 13.6. The second-order valence-corrected chi connectivity index (χ2v) is 6.04. The lowest BCUT2D eigenvalue weighted by molar-refractivity contribution is 0.0949. The minimum atomic E-state index is -0.322. The molecule has 2 amide bonds. The van der Waals surface area contributed by atoms with E-state index in [1.54, 1.807) is 54.6 Å². The van der Waals surface area contributed by atoms with E-state index in [0.717, 1.165) is 5.56 Å². The summed E-state index contributed by atoms with van der Waals surface area (Å²) in [5.41, 5.74) is 2.20. The number of carbonyl (C=O) groups is 2. The van der Waals surface area contributed by atoms with Crippen molar-refractivity contribution < 1.29 is 18.7 Å². The molecular formula is C22H19FN2O3. The van der Waals surface area contributed by atoms with Gasteiger partial charge in [-0.05, 0) is 54.1 Å². The maximum Gasteiger partial charge on any atom is 0.255 e. The van der Waals surface area contributed by atoms with Crippen molar-refractivity contribution in [1.82, 2.24) is 5.32 Å². The Bertz CT molecular complexity index is 970. The van der Waals surface area contributed by atoms with Gasteiger partial charge in [-0.15, -0.1) is 0 Å². The molecule has 0 aromatic heterocycles. The van der Waals surface area contributed by atoms with Crippen LogP contribution >= 0.6 is 0 Å². The lowest BCUT2D eigenvalue weighted by atomic mass is 10.1. The fraction of sp³-hybridized carbons (Fsp3) is 0.0909. The van der Waals surface area contributed by atoms with E-state index in [2.05, 4.69) is 10.6 Å². The first-order valence-electron chi connectivity index (χ1n) is 8.64. The van der Waals surface area contributed by atoms with Gasteiger partial charge in [0.25, 0.3) is 11.8 Å². The Balaban J connectivity index is 1.61. The number of halogens is 1. The summed E-state index contributed by atoms with van der Waals surface area (Å²) in [4.78, 5) is 24.6. The zero-order valence-corrected chi connectivity index (χ0v) is 15.2. The van der Waals surface area contributed by atoms with Gasteiger partial charge in [-0.25, -0.2) is 4.39 Å². The molecule has 3 aromatic rings. The quantitative estimate of drug-likeness (QED) is 0.681. The molecule has 0 saturated heterocycles. The van der Waals surface area contributed by atoms with Crippen molar-refractivity contribution in [3.8, 4) is 5.75 Å². The molecule has 2 N–H and O–H groups in total. The summed E-state index contributed by atoms with van der Waals surface area (Å²) in [7, 11) is 1.53. The van der Waals surface area contributed by atoms with Crippen LogP contribution in [0.3, 0.4) is 0 Å². The Morgan fingerprint density at radius 3 is 2.11 bits per heavy atom. The van der Waals surface area contributed by atoms with Gasteiger partial charge in [-0.2, -0.15) is 0 Å². The lowest BCUT2D eigenvalue weighted by Gasteiger charge is -2.10. The van der Waals surface area contributed by atoms with Crippen molar-refractivity contribution in [3.05, 3.63) is 95.3 Å². The fourth-order valence-electron chi connectivity index (χ4n) is 2.60. The fourth-order valence-corrected chi connectivity index (χ4v) is 2.60. The molecule has 142 valence electrons. The van der Waals surface area contributed by atoms with Crippen LogP contribution in [0.4, 0.5) is 10.1 Å². The largest absolute Gasteiger partial charge is 0.495 e. The van der Waals surface area contributed by atoms with Gasteiger partial charge in [0.15, 0.2) is 0 Å². The Kier molecular flexibility index (Phi) is 6.01. The molecule has 5 nitrogen and oxygen atoms in total. The van der Waals surface area contributed by atoms with Crippen LogP contribution < -0.4 is 15.4 Å². The third-order valence-corrected chi connectivity index (χ3v) is 4.13. The molecule has 0 bridgehead atoms. The third kappa shape index (κ3) is 4.73. The molecule has 0 aliphatic rings. The van der Waals surface area contributed by atoms with E-state index in [0.29, 0.717) is 22.6 Å². The van der Waals surface area contributed by atoms with Crippen molar-refractivity contribution in [3.63, 3.8) is 0 Å². The number of para-hydroxylation sites is 2. The minimum absolute atomic E-state index is 0.277. The van der Waals surface area contributed by atoms with Crippen molar-refractivity contribution in [2.45, 2.75) is 6.54 Å². The first-order valence-corrected chi connectivity index (χ1v) is 8.64. The van der Waals surface area contributed by atoms with E-state index < -0.39 is 0 Å². The Labute approximate surface area is 162 Å². The van der Waals surface area contributed by atoms with Crippen LogP contribution in [0, 0.1) is 5.82 Å². The molecule has 0 fully saturated rings. The summed E-state index contributed by atoms with van der Waals surface area (Å²) in [5.74, 6) is -0.339. The van der Waals surface area contributed by atoms with Crippen molar-refractivity contribution in [2.24, 2.45) is 0 Å². The second kappa shape index (κ2) is 8.81. The van der Waals surface area contributed by atoms with Crippen molar-refractivity contribution in [2.75, 3.05) is 12.4 Å². The summed E-state index contributed by atoms with van der Waals surface area (Å²) >= 11 is 0. The van der Waals surface area contributed by atoms with Gasteiger partial charge in [0, 0.05) is 17.7 Å². The topological polar surface area (TPSA) is 67.4 Å². The van der Waals surface area contributed by atoms with Gasteiger partial charge < -0.3 is 15.4 Å². The smallest absolute Gasteiger partial charge is 0.255 e. The highest BCUT2D eigenvalue weighted by atomic mass is 19.1. The highest BCUT2D eigenvalue weighted by Gasteiger charge is 2.11. The summed E-state index contributed by atoms with van der Waals surface area (Å²) in [5, 5.41) is 5.54. The van der Waals surface area contributed by atoms with E-state index in [1.807, 2.05) is 6.07 Å². The number of hydrogen-bond acceptors (Lipinski definition) is 3. The van der Waals surface area contributed by atoms with Gasteiger partial charge in [0.2, 0.25) is 0 Å². The van der Waals surface area contributed by atoms with E-state index in [9.17, 15) is 14.0 Å². The van der Waals surface area contributed by atoms with Crippen LogP contribution in [-0.2, 0) is 6.54 Å². The molecule has 6 heteroatoms. The SMILES string of the molecule is COc1ccccc1NC(=O)c1ccc(C(=O)NCc2ccc(F)cc2)cc1. The van der Waals surface area contributed by atoms with Crippen molar-refractivity contribution >= 4 is 17.5 Å². The summed E-state index contributed by atoms with van der Waals surface area (Å²) in [6.07, 6.45) is 0. The normalized spacial score (nSPS) is 10.2. The molecule has 0 aliphatic carbocycles. The van der Waals surface area contributed by atoms with Crippen LogP contribution in [-0.4, -0.2) is 18.9 Å². The monoisotopic (exact) mass is 378 g/mol. The molecule has 0 spiro atoms. The van der Waals surface area contributed by atoms with Crippen molar-refractivity contribution in [1.29, 1.82) is 0 Å².